The first kappa shape index (κ1) is 12.2. The fraction of sp³-hybridized carbons (Fsp3) is 0.538. The Bertz CT molecular complexity index is 363. The van der Waals surface area contributed by atoms with Gasteiger partial charge in [0.1, 0.15) is 0 Å². The molecule has 3 heteroatoms. The van der Waals surface area contributed by atoms with Crippen LogP contribution in [0.2, 0.25) is 10.0 Å². The van der Waals surface area contributed by atoms with Crippen molar-refractivity contribution in [2.75, 3.05) is 6.54 Å². The second-order valence-electron chi connectivity index (χ2n) is 4.76. The summed E-state index contributed by atoms with van der Waals surface area (Å²) in [5.41, 5.74) is 7.02. The van der Waals surface area contributed by atoms with Crippen LogP contribution in [0.25, 0.3) is 0 Å². The molecule has 1 nitrogen and oxygen atoms in total. The Kier molecular flexibility index (Phi) is 3.48. The predicted molar refractivity (Wildman–Crippen MR) is 70.2 cm³/mol. The lowest BCUT2D eigenvalue weighted by molar-refractivity contribution is 0.145. The van der Waals surface area contributed by atoms with Crippen LogP contribution < -0.4 is 5.73 Å². The van der Waals surface area contributed by atoms with Crippen LogP contribution in [-0.4, -0.2) is 6.54 Å². The molecule has 1 aromatic carbocycles. The van der Waals surface area contributed by atoms with Crippen LogP contribution in [-0.2, 0) is 5.41 Å². The van der Waals surface area contributed by atoms with E-state index in [0.717, 1.165) is 34.4 Å². The standard InChI is InChI=1S/C13H17Cl2N/c1-2-9-6-13(7-9,8-16)12-10(14)4-3-5-11(12)15/h3-5,9H,2,6-8,16H2,1H3. The van der Waals surface area contributed by atoms with Crippen molar-refractivity contribution in [2.45, 2.75) is 31.6 Å². The smallest absolute Gasteiger partial charge is 0.0459 e. The van der Waals surface area contributed by atoms with Gasteiger partial charge in [-0.05, 0) is 36.5 Å². The first-order valence-electron chi connectivity index (χ1n) is 5.77. The van der Waals surface area contributed by atoms with E-state index < -0.39 is 0 Å². The van der Waals surface area contributed by atoms with Gasteiger partial charge >= 0.3 is 0 Å². The monoisotopic (exact) mass is 257 g/mol. The summed E-state index contributed by atoms with van der Waals surface area (Å²) in [5, 5.41) is 1.51. The normalized spacial score (nSPS) is 28.9. The molecule has 0 atom stereocenters. The van der Waals surface area contributed by atoms with Crippen LogP contribution in [0.4, 0.5) is 0 Å². The third kappa shape index (κ3) is 1.85. The Morgan fingerprint density at radius 2 is 1.88 bits per heavy atom. The van der Waals surface area contributed by atoms with E-state index in [4.69, 9.17) is 28.9 Å². The molecule has 1 aliphatic carbocycles. The summed E-state index contributed by atoms with van der Waals surface area (Å²) in [6.07, 6.45) is 3.44. The molecule has 1 saturated carbocycles. The van der Waals surface area contributed by atoms with Gasteiger partial charge in [-0.25, -0.2) is 0 Å². The maximum Gasteiger partial charge on any atom is 0.0459 e. The highest BCUT2D eigenvalue weighted by molar-refractivity contribution is 6.36. The Morgan fingerprint density at radius 1 is 1.31 bits per heavy atom. The SMILES string of the molecule is CCC1CC(CN)(c2c(Cl)cccc2Cl)C1. The summed E-state index contributed by atoms with van der Waals surface area (Å²) in [5.74, 6) is 0.774. The number of nitrogens with two attached hydrogens (primary N) is 1. The van der Waals surface area contributed by atoms with Crippen molar-refractivity contribution in [2.24, 2.45) is 11.7 Å². The average molecular weight is 258 g/mol. The fourth-order valence-corrected chi connectivity index (χ4v) is 3.61. The van der Waals surface area contributed by atoms with E-state index in [0.29, 0.717) is 6.54 Å². The second-order valence-corrected chi connectivity index (χ2v) is 5.58. The van der Waals surface area contributed by atoms with E-state index in [1.54, 1.807) is 0 Å². The molecular weight excluding hydrogens is 241 g/mol. The Hall–Kier alpha value is -0.240. The molecule has 1 aliphatic rings. The van der Waals surface area contributed by atoms with Crippen molar-refractivity contribution in [3.05, 3.63) is 33.8 Å². The van der Waals surface area contributed by atoms with Crippen LogP contribution in [0.5, 0.6) is 0 Å². The molecule has 88 valence electrons. The topological polar surface area (TPSA) is 26.0 Å². The maximum atomic E-state index is 6.26. The minimum Gasteiger partial charge on any atom is -0.330 e. The molecule has 16 heavy (non-hydrogen) atoms. The molecule has 0 radical (unpaired) electrons. The average Bonchev–Trinajstić information content (AvgIpc) is 2.21. The number of benzene rings is 1. The van der Waals surface area contributed by atoms with E-state index in [-0.39, 0.29) is 5.41 Å². The van der Waals surface area contributed by atoms with Gasteiger partial charge in [-0.2, -0.15) is 0 Å². The summed E-state index contributed by atoms with van der Waals surface area (Å²) in [6.45, 7) is 2.85. The molecule has 2 N–H and O–H groups in total. The largest absolute Gasteiger partial charge is 0.330 e. The number of hydrogen-bond acceptors (Lipinski definition) is 1. The fourth-order valence-electron chi connectivity index (χ4n) is 2.81. The molecule has 1 aromatic rings. The highest BCUT2D eigenvalue weighted by Gasteiger charge is 2.45. The molecule has 2 rings (SSSR count). The quantitative estimate of drug-likeness (QED) is 0.870. The van der Waals surface area contributed by atoms with Crippen LogP contribution in [0, 0.1) is 5.92 Å². The zero-order valence-corrected chi connectivity index (χ0v) is 11.0. The molecule has 0 amide bonds. The van der Waals surface area contributed by atoms with Crippen molar-refractivity contribution in [3.63, 3.8) is 0 Å². The lowest BCUT2D eigenvalue weighted by atomic mass is 9.58. The van der Waals surface area contributed by atoms with E-state index in [1.807, 2.05) is 18.2 Å². The van der Waals surface area contributed by atoms with Crippen molar-refractivity contribution in [1.82, 2.24) is 0 Å². The molecule has 0 spiro atoms. The predicted octanol–water partition coefficient (Wildman–Crippen LogP) is 4.01. The van der Waals surface area contributed by atoms with E-state index >= 15 is 0 Å². The van der Waals surface area contributed by atoms with Gasteiger partial charge in [-0.3, -0.25) is 0 Å². The molecule has 0 aliphatic heterocycles. The summed E-state index contributed by atoms with van der Waals surface area (Å²) in [7, 11) is 0. The molecule has 0 aromatic heterocycles. The zero-order chi connectivity index (χ0) is 11.8. The van der Waals surface area contributed by atoms with Crippen LogP contribution >= 0.6 is 23.2 Å². The molecule has 0 heterocycles. The van der Waals surface area contributed by atoms with Crippen LogP contribution in [0.1, 0.15) is 31.7 Å². The molecular formula is C13H17Cl2N. The number of halogens is 2. The van der Waals surface area contributed by atoms with E-state index in [2.05, 4.69) is 6.92 Å². The molecule has 1 fully saturated rings. The number of hydrogen-bond donors (Lipinski definition) is 1. The Morgan fingerprint density at radius 3 is 2.31 bits per heavy atom. The van der Waals surface area contributed by atoms with Gasteiger partial charge in [0.2, 0.25) is 0 Å². The van der Waals surface area contributed by atoms with Crippen molar-refractivity contribution in [3.8, 4) is 0 Å². The lowest BCUT2D eigenvalue weighted by Crippen LogP contribution is -2.47. The van der Waals surface area contributed by atoms with E-state index in [9.17, 15) is 0 Å². The van der Waals surface area contributed by atoms with Crippen LogP contribution in [0.3, 0.4) is 0 Å². The number of rotatable bonds is 3. The van der Waals surface area contributed by atoms with Gasteiger partial charge in [0.25, 0.3) is 0 Å². The summed E-state index contributed by atoms with van der Waals surface area (Å²) < 4.78 is 0. The molecule has 0 unspecified atom stereocenters. The summed E-state index contributed by atoms with van der Waals surface area (Å²) in [6, 6.07) is 5.69. The third-order valence-electron chi connectivity index (χ3n) is 3.82. The third-order valence-corrected chi connectivity index (χ3v) is 4.45. The Labute approximate surface area is 107 Å². The van der Waals surface area contributed by atoms with Gasteiger partial charge in [-0.1, -0.05) is 42.6 Å². The minimum atomic E-state index is 0.0239. The van der Waals surface area contributed by atoms with Gasteiger partial charge in [0.15, 0.2) is 0 Å². The van der Waals surface area contributed by atoms with E-state index in [1.165, 1.54) is 6.42 Å². The highest BCUT2D eigenvalue weighted by atomic mass is 35.5. The van der Waals surface area contributed by atoms with Gasteiger partial charge in [0, 0.05) is 22.0 Å². The second kappa shape index (κ2) is 4.56. The minimum absolute atomic E-state index is 0.0239. The van der Waals surface area contributed by atoms with Crippen LogP contribution in [0.15, 0.2) is 18.2 Å². The van der Waals surface area contributed by atoms with Crippen molar-refractivity contribution >= 4 is 23.2 Å². The van der Waals surface area contributed by atoms with Gasteiger partial charge < -0.3 is 5.73 Å². The maximum absolute atomic E-state index is 6.26. The molecule has 0 bridgehead atoms. The Balaban J connectivity index is 2.36. The molecule has 0 saturated heterocycles. The first-order valence-corrected chi connectivity index (χ1v) is 6.53. The highest BCUT2D eigenvalue weighted by Crippen LogP contribution is 2.52. The summed E-state index contributed by atoms with van der Waals surface area (Å²) in [4.78, 5) is 0. The van der Waals surface area contributed by atoms with Crippen molar-refractivity contribution < 1.29 is 0 Å². The summed E-state index contributed by atoms with van der Waals surface area (Å²) >= 11 is 12.5. The van der Waals surface area contributed by atoms with Gasteiger partial charge in [0.05, 0.1) is 0 Å². The zero-order valence-electron chi connectivity index (χ0n) is 9.47. The lowest BCUT2D eigenvalue weighted by Gasteiger charge is -2.48. The first-order chi connectivity index (χ1) is 7.63. The van der Waals surface area contributed by atoms with Gasteiger partial charge in [-0.15, -0.1) is 0 Å². The van der Waals surface area contributed by atoms with Crippen molar-refractivity contribution in [1.29, 1.82) is 0 Å².